The van der Waals surface area contributed by atoms with Crippen molar-refractivity contribution in [1.29, 1.82) is 0 Å². The molecule has 1 aromatic carbocycles. The predicted molar refractivity (Wildman–Crippen MR) is 73.8 cm³/mol. The third-order valence-corrected chi connectivity index (χ3v) is 4.09. The Balaban J connectivity index is 0.00000120. The van der Waals surface area contributed by atoms with Gasteiger partial charge in [0.1, 0.15) is 0 Å². The summed E-state index contributed by atoms with van der Waals surface area (Å²) < 4.78 is 0. The van der Waals surface area contributed by atoms with Crippen LogP contribution >= 0.6 is 0 Å². The van der Waals surface area contributed by atoms with Gasteiger partial charge in [-0.3, -0.25) is 0 Å². The van der Waals surface area contributed by atoms with Gasteiger partial charge in [-0.25, -0.2) is 0 Å². The Kier molecular flexibility index (Phi) is 3.75. The Morgan fingerprint density at radius 1 is 1.00 bits per heavy atom. The fourth-order valence-corrected chi connectivity index (χ4v) is 3.29. The zero-order chi connectivity index (χ0) is 12.2. The monoisotopic (exact) mass is 405 g/mol. The van der Waals surface area contributed by atoms with Crippen LogP contribution in [0.3, 0.4) is 0 Å². The molecular formula is C17H21Hf. The molecule has 3 rings (SSSR count). The van der Waals surface area contributed by atoms with E-state index in [2.05, 4.69) is 52.0 Å². The van der Waals surface area contributed by atoms with E-state index in [0.29, 0.717) is 11.3 Å². The zero-order valence-electron chi connectivity index (χ0n) is 11.8. The standard InChI is InChI=1S/C17H21.Hf/c1-11(2)15-6-5-12-7-13-9-17(3,4)10-14(13)8-16(12)15;/h5-8,11H,9-10H2,1-4H3;. The Hall–Kier alpha value is -0.170. The van der Waals surface area contributed by atoms with Gasteiger partial charge >= 0.3 is 0 Å². The van der Waals surface area contributed by atoms with E-state index in [9.17, 15) is 0 Å². The van der Waals surface area contributed by atoms with E-state index in [1.165, 1.54) is 29.9 Å². The van der Waals surface area contributed by atoms with Crippen LogP contribution in [0.1, 0.15) is 49.9 Å². The Morgan fingerprint density at radius 3 is 2.22 bits per heavy atom. The first-order valence-electron chi connectivity index (χ1n) is 6.67. The van der Waals surface area contributed by atoms with Gasteiger partial charge in [-0.05, 0) is 46.4 Å². The van der Waals surface area contributed by atoms with Gasteiger partial charge in [0, 0.05) is 31.8 Å². The molecule has 93 valence electrons. The number of hydrogen-bond donors (Lipinski definition) is 0. The summed E-state index contributed by atoms with van der Waals surface area (Å²) in [5.41, 5.74) is 6.53. The number of hydrogen-bond acceptors (Lipinski definition) is 0. The number of benzene rings is 1. The third kappa shape index (κ3) is 2.31. The summed E-state index contributed by atoms with van der Waals surface area (Å²) in [6.45, 7) is 9.32. The molecular weight excluding hydrogens is 383 g/mol. The van der Waals surface area contributed by atoms with Crippen LogP contribution in [0.4, 0.5) is 0 Å². The van der Waals surface area contributed by atoms with Crippen molar-refractivity contribution in [3.05, 3.63) is 46.4 Å². The number of allylic oxidation sites excluding steroid dienone is 1. The van der Waals surface area contributed by atoms with E-state index in [0.717, 1.165) is 0 Å². The van der Waals surface area contributed by atoms with Crippen LogP contribution in [-0.4, -0.2) is 0 Å². The minimum Gasteiger partial charge on any atom is -0.0719 e. The van der Waals surface area contributed by atoms with Gasteiger partial charge in [0.2, 0.25) is 0 Å². The molecule has 18 heavy (non-hydrogen) atoms. The fourth-order valence-electron chi connectivity index (χ4n) is 3.29. The van der Waals surface area contributed by atoms with E-state index in [1.54, 1.807) is 11.1 Å². The van der Waals surface area contributed by atoms with Gasteiger partial charge < -0.3 is 0 Å². The van der Waals surface area contributed by atoms with E-state index in [4.69, 9.17) is 0 Å². The van der Waals surface area contributed by atoms with Crippen molar-refractivity contribution in [1.82, 2.24) is 0 Å². The summed E-state index contributed by atoms with van der Waals surface area (Å²) >= 11 is 0. The molecule has 0 saturated heterocycles. The summed E-state index contributed by atoms with van der Waals surface area (Å²) in [7, 11) is 0. The van der Waals surface area contributed by atoms with E-state index < -0.39 is 0 Å². The quantitative estimate of drug-likeness (QED) is 0.609. The van der Waals surface area contributed by atoms with Crippen molar-refractivity contribution in [2.24, 2.45) is 11.3 Å². The normalized spacial score (nSPS) is 19.8. The second-order valence-electron chi connectivity index (χ2n) is 6.67. The molecule has 0 fully saturated rings. The molecule has 0 aromatic heterocycles. The molecule has 0 amide bonds. The zero-order valence-corrected chi connectivity index (χ0v) is 15.4. The first-order chi connectivity index (χ1) is 7.96. The van der Waals surface area contributed by atoms with Crippen molar-refractivity contribution in [2.45, 2.75) is 40.5 Å². The smallest absolute Gasteiger partial charge is 0.0298 e. The Morgan fingerprint density at radius 2 is 1.61 bits per heavy atom. The molecule has 0 spiro atoms. The molecule has 0 nitrogen and oxygen atoms in total. The molecule has 0 N–H and O–H groups in total. The summed E-state index contributed by atoms with van der Waals surface area (Å²) in [4.78, 5) is 0. The molecule has 1 radical (unpaired) electrons. The minimum absolute atomic E-state index is 0. The van der Waals surface area contributed by atoms with E-state index in [-0.39, 0.29) is 25.8 Å². The van der Waals surface area contributed by atoms with Gasteiger partial charge in [-0.15, -0.1) is 0 Å². The summed E-state index contributed by atoms with van der Waals surface area (Å²) in [6.07, 6.45) is 7.06. The van der Waals surface area contributed by atoms with Crippen LogP contribution in [0.5, 0.6) is 0 Å². The fraction of sp³-hybridized carbons (Fsp3) is 0.471. The first-order valence-corrected chi connectivity index (χ1v) is 6.67. The topological polar surface area (TPSA) is 0 Å². The average Bonchev–Trinajstić information content (AvgIpc) is 2.71. The van der Waals surface area contributed by atoms with Crippen molar-refractivity contribution < 1.29 is 25.8 Å². The van der Waals surface area contributed by atoms with Crippen molar-refractivity contribution in [3.8, 4) is 0 Å². The molecule has 0 unspecified atom stereocenters. The SMILES string of the molecule is CC(C)[C]1C=Cc2cc3c(cc21)CC(C)(C)C3.[Hf]. The maximum atomic E-state index is 2.45. The minimum atomic E-state index is 0. The molecule has 0 atom stereocenters. The Bertz CT molecular complexity index is 495. The third-order valence-electron chi connectivity index (χ3n) is 4.09. The summed E-state index contributed by atoms with van der Waals surface area (Å²) in [6, 6.07) is 4.88. The van der Waals surface area contributed by atoms with Gasteiger partial charge in [-0.2, -0.15) is 0 Å². The van der Waals surface area contributed by atoms with Crippen LogP contribution in [0, 0.1) is 17.3 Å². The van der Waals surface area contributed by atoms with Gasteiger partial charge in [0.25, 0.3) is 0 Å². The van der Waals surface area contributed by atoms with Crippen molar-refractivity contribution in [2.75, 3.05) is 0 Å². The maximum absolute atomic E-state index is 2.45. The van der Waals surface area contributed by atoms with Crippen molar-refractivity contribution in [3.63, 3.8) is 0 Å². The average molecular weight is 404 g/mol. The largest absolute Gasteiger partial charge is 0.0719 e. The first kappa shape index (κ1) is 14.2. The molecule has 2 aliphatic carbocycles. The van der Waals surface area contributed by atoms with Gasteiger partial charge in [0.15, 0.2) is 0 Å². The van der Waals surface area contributed by atoms with Crippen LogP contribution in [-0.2, 0) is 38.7 Å². The molecule has 0 saturated carbocycles. The summed E-state index contributed by atoms with van der Waals surface area (Å²) in [5, 5.41) is 0. The van der Waals surface area contributed by atoms with Crippen LogP contribution in [0.15, 0.2) is 18.2 Å². The van der Waals surface area contributed by atoms with Crippen LogP contribution < -0.4 is 0 Å². The van der Waals surface area contributed by atoms with Crippen LogP contribution in [0.2, 0.25) is 0 Å². The van der Waals surface area contributed by atoms with Gasteiger partial charge in [0.05, 0.1) is 0 Å². The maximum Gasteiger partial charge on any atom is 0.0298 e. The molecule has 1 aromatic rings. The Labute approximate surface area is 130 Å². The molecule has 2 aliphatic rings. The summed E-state index contributed by atoms with van der Waals surface area (Å²) in [5.74, 6) is 2.13. The van der Waals surface area contributed by atoms with E-state index in [1.807, 2.05) is 0 Å². The second kappa shape index (κ2) is 4.74. The molecule has 1 heteroatoms. The number of rotatable bonds is 1. The van der Waals surface area contributed by atoms with Crippen LogP contribution in [0.25, 0.3) is 6.08 Å². The van der Waals surface area contributed by atoms with Gasteiger partial charge in [-0.1, -0.05) is 52.0 Å². The number of fused-ring (bicyclic) bond motifs is 2. The molecule has 0 heterocycles. The second-order valence-corrected chi connectivity index (χ2v) is 6.67. The van der Waals surface area contributed by atoms with E-state index >= 15 is 0 Å². The molecule has 0 aliphatic heterocycles. The predicted octanol–water partition coefficient (Wildman–Crippen LogP) is 4.41. The molecule has 0 bridgehead atoms. The van der Waals surface area contributed by atoms with Crippen molar-refractivity contribution >= 4 is 6.08 Å².